The minimum atomic E-state index is -1.14. The monoisotopic (exact) mass is 437 g/mol. The number of aromatic amines is 1. The number of nitrogens with zero attached hydrogens (tertiary/aromatic N) is 1. The van der Waals surface area contributed by atoms with Crippen LogP contribution in [0.25, 0.3) is 10.8 Å². The maximum atomic E-state index is 13.9. The molecule has 1 aromatic heterocycles. The van der Waals surface area contributed by atoms with Crippen LogP contribution in [0.4, 0.5) is 23.7 Å². The van der Waals surface area contributed by atoms with Gasteiger partial charge in [-0.25, -0.2) is 18.0 Å². The van der Waals surface area contributed by atoms with Gasteiger partial charge in [0, 0.05) is 24.0 Å². The molecule has 2 aromatic carbocycles. The zero-order valence-corrected chi connectivity index (χ0v) is 16.3. The van der Waals surface area contributed by atoms with Crippen molar-refractivity contribution in [3.63, 3.8) is 0 Å². The Balaban J connectivity index is 1.73. The maximum Gasteiger partial charge on any atom is 0.322 e. The third-order valence-electron chi connectivity index (χ3n) is 5.00. The number of nitrogens with one attached hydrogen (secondary N) is 2. The van der Waals surface area contributed by atoms with Gasteiger partial charge in [0.05, 0.1) is 29.7 Å². The van der Waals surface area contributed by atoms with E-state index in [4.69, 9.17) is 16.3 Å². The van der Waals surface area contributed by atoms with Crippen LogP contribution >= 0.6 is 11.6 Å². The van der Waals surface area contributed by atoms with E-state index in [2.05, 4.69) is 10.3 Å². The molecule has 0 fully saturated rings. The van der Waals surface area contributed by atoms with E-state index < -0.39 is 35.1 Å². The summed E-state index contributed by atoms with van der Waals surface area (Å²) in [6.45, 7) is 0.125. The summed E-state index contributed by atoms with van der Waals surface area (Å²) in [5, 5.41) is 2.61. The lowest BCUT2D eigenvalue weighted by molar-refractivity contribution is 0.0527. The fraction of sp³-hybridized carbons (Fsp3) is 0.200. The summed E-state index contributed by atoms with van der Waals surface area (Å²) in [6, 6.07) is 4.24. The summed E-state index contributed by atoms with van der Waals surface area (Å²) >= 11 is 5.74. The standard InChI is InChI=1S/C20H15ClF3N3O3/c1-27(20(29)25-9-2-3-13(22)12(21)4-9)17-8-30-7-16-18(17)10-5-14(23)15(24)6-11(10)19(28)26-16/h2-6,17H,7-8H2,1H3,(H,25,29)(H,26,28)/t17-/m1/s1. The van der Waals surface area contributed by atoms with Crippen molar-refractivity contribution >= 4 is 34.1 Å². The Hall–Kier alpha value is -3.04. The van der Waals surface area contributed by atoms with E-state index in [0.717, 1.165) is 18.2 Å². The fourth-order valence-electron chi connectivity index (χ4n) is 3.47. The zero-order chi connectivity index (χ0) is 21.6. The number of H-pyrrole nitrogens is 1. The number of urea groups is 1. The Morgan fingerprint density at radius 3 is 2.57 bits per heavy atom. The predicted octanol–water partition coefficient (Wildman–Crippen LogP) is 4.33. The summed E-state index contributed by atoms with van der Waals surface area (Å²) in [5.41, 5.74) is 0.526. The van der Waals surface area contributed by atoms with Gasteiger partial charge in [-0.05, 0) is 35.7 Å². The lowest BCUT2D eigenvalue weighted by atomic mass is 9.95. The second-order valence-electron chi connectivity index (χ2n) is 6.86. The molecule has 0 bridgehead atoms. The number of ether oxygens (including phenoxy) is 1. The predicted molar refractivity (Wildman–Crippen MR) is 105 cm³/mol. The maximum absolute atomic E-state index is 13.9. The summed E-state index contributed by atoms with van der Waals surface area (Å²) in [6.07, 6.45) is 0. The summed E-state index contributed by atoms with van der Waals surface area (Å²) in [7, 11) is 1.49. The lowest BCUT2D eigenvalue weighted by Gasteiger charge is -2.33. The highest BCUT2D eigenvalue weighted by atomic mass is 35.5. The molecule has 0 spiro atoms. The molecule has 2 amide bonds. The van der Waals surface area contributed by atoms with Crippen molar-refractivity contribution in [2.24, 2.45) is 0 Å². The number of amides is 2. The number of likely N-dealkylation sites (N-methyl/N-ethyl adjacent to an activating group) is 1. The van der Waals surface area contributed by atoms with E-state index in [1.807, 2.05) is 0 Å². The number of rotatable bonds is 2. The van der Waals surface area contributed by atoms with Crippen LogP contribution in [0.5, 0.6) is 0 Å². The highest BCUT2D eigenvalue weighted by Gasteiger charge is 2.31. The van der Waals surface area contributed by atoms with Crippen LogP contribution in [-0.2, 0) is 11.3 Å². The average molecular weight is 438 g/mol. The highest BCUT2D eigenvalue weighted by Crippen LogP contribution is 2.34. The molecule has 30 heavy (non-hydrogen) atoms. The minimum absolute atomic E-state index is 0.0290. The van der Waals surface area contributed by atoms with Gasteiger partial charge in [-0.3, -0.25) is 4.79 Å². The summed E-state index contributed by atoms with van der Waals surface area (Å²) in [4.78, 5) is 29.0. The van der Waals surface area contributed by atoms with Gasteiger partial charge in [-0.15, -0.1) is 0 Å². The van der Waals surface area contributed by atoms with E-state index in [1.165, 1.54) is 24.1 Å². The Morgan fingerprint density at radius 1 is 1.17 bits per heavy atom. The fourth-order valence-corrected chi connectivity index (χ4v) is 3.66. The third-order valence-corrected chi connectivity index (χ3v) is 5.29. The summed E-state index contributed by atoms with van der Waals surface area (Å²) < 4.78 is 46.5. The van der Waals surface area contributed by atoms with Gasteiger partial charge in [-0.1, -0.05) is 11.6 Å². The Morgan fingerprint density at radius 2 is 1.87 bits per heavy atom. The number of pyridine rings is 1. The van der Waals surface area contributed by atoms with Crippen molar-refractivity contribution in [1.29, 1.82) is 0 Å². The van der Waals surface area contributed by atoms with Crippen LogP contribution in [-0.4, -0.2) is 29.6 Å². The number of fused-ring (bicyclic) bond motifs is 3. The number of benzene rings is 2. The molecule has 0 unspecified atom stereocenters. The molecule has 10 heteroatoms. The topological polar surface area (TPSA) is 74.4 Å². The van der Waals surface area contributed by atoms with Gasteiger partial charge in [0.1, 0.15) is 5.82 Å². The normalized spacial score (nSPS) is 15.7. The van der Waals surface area contributed by atoms with E-state index in [9.17, 15) is 22.8 Å². The molecule has 0 radical (unpaired) electrons. The molecule has 1 aliphatic rings. The van der Waals surface area contributed by atoms with Gasteiger partial charge in [0.25, 0.3) is 5.56 Å². The van der Waals surface area contributed by atoms with Gasteiger partial charge >= 0.3 is 6.03 Å². The van der Waals surface area contributed by atoms with Crippen LogP contribution in [0.1, 0.15) is 17.3 Å². The van der Waals surface area contributed by atoms with Gasteiger partial charge in [0.2, 0.25) is 0 Å². The number of carbonyl (C=O) groups excluding carboxylic acids is 1. The quantitative estimate of drug-likeness (QED) is 0.626. The van der Waals surface area contributed by atoms with Crippen LogP contribution in [0.15, 0.2) is 35.1 Å². The zero-order valence-electron chi connectivity index (χ0n) is 15.6. The second kappa shape index (κ2) is 7.66. The van der Waals surface area contributed by atoms with Crippen LogP contribution in [0.2, 0.25) is 5.02 Å². The molecule has 0 saturated heterocycles. The van der Waals surface area contributed by atoms with Gasteiger partial charge < -0.3 is 19.9 Å². The number of aromatic nitrogens is 1. The molecule has 1 atom stereocenters. The van der Waals surface area contributed by atoms with E-state index >= 15 is 0 Å². The molecule has 6 nitrogen and oxygen atoms in total. The first kappa shape index (κ1) is 20.2. The molecule has 2 N–H and O–H groups in total. The number of hydrogen-bond acceptors (Lipinski definition) is 3. The molecular formula is C20H15ClF3N3O3. The first-order valence-corrected chi connectivity index (χ1v) is 9.24. The third kappa shape index (κ3) is 3.50. The van der Waals surface area contributed by atoms with Crippen molar-refractivity contribution < 1.29 is 22.7 Å². The average Bonchev–Trinajstić information content (AvgIpc) is 2.71. The van der Waals surface area contributed by atoms with E-state index in [-0.39, 0.29) is 34.7 Å². The summed E-state index contributed by atoms with van der Waals surface area (Å²) in [5.74, 6) is -2.87. The van der Waals surface area contributed by atoms with Crippen molar-refractivity contribution in [1.82, 2.24) is 9.88 Å². The van der Waals surface area contributed by atoms with Gasteiger partial charge in [-0.2, -0.15) is 0 Å². The Bertz CT molecular complexity index is 1230. The van der Waals surface area contributed by atoms with Gasteiger partial charge in [0.15, 0.2) is 11.6 Å². The molecule has 0 aliphatic carbocycles. The first-order valence-electron chi connectivity index (χ1n) is 8.86. The van der Waals surface area contributed by atoms with Crippen molar-refractivity contribution in [3.8, 4) is 0 Å². The molecular weight excluding hydrogens is 423 g/mol. The number of halogens is 4. The van der Waals surface area contributed by atoms with Crippen molar-refractivity contribution in [2.45, 2.75) is 12.6 Å². The second-order valence-corrected chi connectivity index (χ2v) is 7.27. The molecule has 1 aliphatic heterocycles. The first-order chi connectivity index (χ1) is 14.3. The highest BCUT2D eigenvalue weighted by molar-refractivity contribution is 6.31. The van der Waals surface area contributed by atoms with Crippen LogP contribution < -0.4 is 10.9 Å². The van der Waals surface area contributed by atoms with E-state index in [0.29, 0.717) is 11.3 Å². The molecule has 156 valence electrons. The van der Waals surface area contributed by atoms with Crippen LogP contribution in [0, 0.1) is 17.5 Å². The molecule has 4 rings (SSSR count). The molecule has 2 heterocycles. The Kier molecular flexibility index (Phi) is 5.17. The minimum Gasteiger partial charge on any atom is -0.373 e. The number of carbonyl (C=O) groups is 1. The van der Waals surface area contributed by atoms with Crippen molar-refractivity contribution in [2.75, 3.05) is 19.0 Å². The van der Waals surface area contributed by atoms with Crippen molar-refractivity contribution in [3.05, 3.63) is 74.4 Å². The molecule has 0 saturated carbocycles. The number of anilines is 1. The smallest absolute Gasteiger partial charge is 0.322 e. The van der Waals surface area contributed by atoms with Crippen LogP contribution in [0.3, 0.4) is 0 Å². The Labute approximate surface area is 173 Å². The molecule has 3 aromatic rings. The number of hydrogen-bond donors (Lipinski definition) is 2. The SMILES string of the molecule is CN(C(=O)Nc1ccc(F)c(Cl)c1)[C@@H]1COCc2[nH]c(=O)c3cc(F)c(F)cc3c21. The van der Waals surface area contributed by atoms with E-state index in [1.54, 1.807) is 0 Å². The largest absolute Gasteiger partial charge is 0.373 e. The lowest BCUT2D eigenvalue weighted by Crippen LogP contribution is -2.39.